The van der Waals surface area contributed by atoms with E-state index in [9.17, 15) is 0 Å². The highest BCUT2D eigenvalue weighted by Crippen LogP contribution is 2.32. The van der Waals surface area contributed by atoms with Crippen molar-refractivity contribution in [2.45, 2.75) is 38.8 Å². The van der Waals surface area contributed by atoms with Crippen LogP contribution < -0.4 is 0 Å². The van der Waals surface area contributed by atoms with Crippen molar-refractivity contribution in [1.82, 2.24) is 9.80 Å². The molecule has 1 saturated heterocycles. The monoisotopic (exact) mass is 322 g/mol. The third-order valence-electron chi connectivity index (χ3n) is 5.82. The molecule has 0 bridgehead atoms. The maximum absolute atomic E-state index is 2.62. The molecular formula is C22H30N2. The van der Waals surface area contributed by atoms with Crippen LogP contribution in [-0.4, -0.2) is 36.0 Å². The van der Waals surface area contributed by atoms with E-state index < -0.39 is 0 Å². The topological polar surface area (TPSA) is 6.48 Å². The quantitative estimate of drug-likeness (QED) is 0.819. The van der Waals surface area contributed by atoms with E-state index in [0.717, 1.165) is 26.2 Å². The summed E-state index contributed by atoms with van der Waals surface area (Å²) in [5, 5.41) is 0. The molecule has 0 N–H and O–H groups in total. The maximum Gasteiger partial charge on any atom is 0.0405 e. The van der Waals surface area contributed by atoms with Crippen LogP contribution in [0.3, 0.4) is 0 Å². The van der Waals surface area contributed by atoms with Gasteiger partial charge in [0.15, 0.2) is 0 Å². The van der Waals surface area contributed by atoms with Gasteiger partial charge in [-0.25, -0.2) is 0 Å². The Balaban J connectivity index is 1.70. The first-order valence-electron chi connectivity index (χ1n) is 9.03. The van der Waals surface area contributed by atoms with Crippen LogP contribution in [0.15, 0.2) is 60.7 Å². The number of benzene rings is 2. The van der Waals surface area contributed by atoms with E-state index in [1.165, 1.54) is 11.1 Å². The van der Waals surface area contributed by atoms with Gasteiger partial charge in [0, 0.05) is 37.3 Å². The third kappa shape index (κ3) is 3.26. The largest absolute Gasteiger partial charge is 0.292 e. The minimum atomic E-state index is 0.0875. The minimum absolute atomic E-state index is 0.0875. The Labute approximate surface area is 147 Å². The number of piperazine rings is 1. The van der Waals surface area contributed by atoms with E-state index in [1.54, 1.807) is 0 Å². The molecule has 2 heteroatoms. The van der Waals surface area contributed by atoms with E-state index in [4.69, 9.17) is 0 Å². The molecule has 0 amide bonds. The van der Waals surface area contributed by atoms with Crippen LogP contribution in [0.1, 0.15) is 38.8 Å². The lowest BCUT2D eigenvalue weighted by atomic mass is 9.89. The van der Waals surface area contributed by atoms with Crippen LogP contribution in [0.4, 0.5) is 0 Å². The summed E-state index contributed by atoms with van der Waals surface area (Å²) < 4.78 is 0. The van der Waals surface area contributed by atoms with E-state index in [1.807, 2.05) is 0 Å². The highest BCUT2D eigenvalue weighted by molar-refractivity contribution is 5.24. The van der Waals surface area contributed by atoms with Crippen molar-refractivity contribution in [2.24, 2.45) is 0 Å². The van der Waals surface area contributed by atoms with Gasteiger partial charge >= 0.3 is 0 Å². The van der Waals surface area contributed by atoms with Crippen molar-refractivity contribution in [3.05, 3.63) is 71.8 Å². The van der Waals surface area contributed by atoms with Crippen LogP contribution in [-0.2, 0) is 11.1 Å². The van der Waals surface area contributed by atoms with Gasteiger partial charge in [0.1, 0.15) is 0 Å². The molecule has 2 nitrogen and oxygen atoms in total. The molecule has 2 aromatic carbocycles. The third-order valence-corrected chi connectivity index (χ3v) is 5.82. The molecule has 0 aromatic heterocycles. The Morgan fingerprint density at radius 1 is 0.542 bits per heavy atom. The van der Waals surface area contributed by atoms with Crippen molar-refractivity contribution < 1.29 is 0 Å². The Morgan fingerprint density at radius 3 is 1.12 bits per heavy atom. The van der Waals surface area contributed by atoms with Crippen molar-refractivity contribution in [2.75, 3.05) is 26.2 Å². The second kappa shape index (κ2) is 6.70. The molecule has 1 heterocycles. The van der Waals surface area contributed by atoms with Crippen molar-refractivity contribution >= 4 is 0 Å². The summed E-state index contributed by atoms with van der Waals surface area (Å²) in [5.41, 5.74) is 2.98. The molecule has 0 aliphatic carbocycles. The molecular weight excluding hydrogens is 292 g/mol. The van der Waals surface area contributed by atoms with Gasteiger partial charge in [0.2, 0.25) is 0 Å². The smallest absolute Gasteiger partial charge is 0.0405 e. The van der Waals surface area contributed by atoms with E-state index in [2.05, 4.69) is 98.2 Å². The van der Waals surface area contributed by atoms with Crippen LogP contribution in [0.5, 0.6) is 0 Å². The molecule has 0 unspecified atom stereocenters. The first-order valence-corrected chi connectivity index (χ1v) is 9.03. The zero-order valence-electron chi connectivity index (χ0n) is 15.5. The van der Waals surface area contributed by atoms with Crippen LogP contribution in [0, 0.1) is 0 Å². The van der Waals surface area contributed by atoms with E-state index in [-0.39, 0.29) is 11.1 Å². The molecule has 3 rings (SSSR count). The zero-order valence-corrected chi connectivity index (χ0v) is 15.5. The lowest BCUT2D eigenvalue weighted by Gasteiger charge is -2.49. The second-order valence-corrected chi connectivity index (χ2v) is 7.82. The minimum Gasteiger partial charge on any atom is -0.292 e. The molecule has 0 atom stereocenters. The van der Waals surface area contributed by atoms with E-state index >= 15 is 0 Å². The number of nitrogens with zero attached hydrogens (tertiary/aromatic N) is 2. The highest BCUT2D eigenvalue weighted by atomic mass is 15.3. The fourth-order valence-electron chi connectivity index (χ4n) is 3.88. The molecule has 2 aromatic rings. The number of rotatable bonds is 4. The molecule has 0 saturated carbocycles. The fraction of sp³-hybridized carbons (Fsp3) is 0.455. The highest BCUT2D eigenvalue weighted by Gasteiger charge is 2.36. The summed E-state index contributed by atoms with van der Waals surface area (Å²) in [5.74, 6) is 0. The Kier molecular flexibility index (Phi) is 4.80. The summed E-state index contributed by atoms with van der Waals surface area (Å²) in [7, 11) is 0. The average Bonchev–Trinajstić information content (AvgIpc) is 2.63. The number of hydrogen-bond donors (Lipinski definition) is 0. The first kappa shape index (κ1) is 17.2. The molecule has 0 spiro atoms. The summed E-state index contributed by atoms with van der Waals surface area (Å²) in [6, 6.07) is 21.8. The van der Waals surface area contributed by atoms with Crippen molar-refractivity contribution in [3.8, 4) is 0 Å². The first-order chi connectivity index (χ1) is 11.4. The fourth-order valence-corrected chi connectivity index (χ4v) is 3.88. The molecule has 1 fully saturated rings. The van der Waals surface area contributed by atoms with Gasteiger partial charge in [-0.1, -0.05) is 60.7 Å². The van der Waals surface area contributed by atoms with Crippen molar-refractivity contribution in [1.29, 1.82) is 0 Å². The summed E-state index contributed by atoms with van der Waals surface area (Å²) >= 11 is 0. The normalized spacial score (nSPS) is 17.8. The summed E-state index contributed by atoms with van der Waals surface area (Å²) in [6.45, 7) is 13.8. The second-order valence-electron chi connectivity index (χ2n) is 7.82. The lowest BCUT2D eigenvalue weighted by molar-refractivity contribution is 0.00545. The van der Waals surface area contributed by atoms with Gasteiger partial charge in [-0.2, -0.15) is 0 Å². The predicted molar refractivity (Wildman–Crippen MR) is 102 cm³/mol. The Morgan fingerprint density at radius 2 is 0.833 bits per heavy atom. The SMILES string of the molecule is CC(C)(c1ccccc1)N1CCN(C(C)(C)c2ccccc2)CC1. The molecule has 0 radical (unpaired) electrons. The van der Waals surface area contributed by atoms with E-state index in [0.29, 0.717) is 0 Å². The predicted octanol–water partition coefficient (Wildman–Crippen LogP) is 4.47. The lowest BCUT2D eigenvalue weighted by Crippen LogP contribution is -2.57. The van der Waals surface area contributed by atoms with Crippen molar-refractivity contribution in [3.63, 3.8) is 0 Å². The van der Waals surface area contributed by atoms with Crippen LogP contribution in [0.25, 0.3) is 0 Å². The van der Waals surface area contributed by atoms with Gasteiger partial charge in [0.05, 0.1) is 0 Å². The summed E-state index contributed by atoms with van der Waals surface area (Å²) in [4.78, 5) is 5.25. The zero-order chi connectivity index (χ0) is 17.2. The Bertz CT molecular complexity index is 579. The van der Waals surface area contributed by atoms with Gasteiger partial charge < -0.3 is 0 Å². The molecule has 1 aliphatic heterocycles. The van der Waals surface area contributed by atoms with Crippen LogP contribution >= 0.6 is 0 Å². The standard InChI is InChI=1S/C22H30N2/c1-21(2,19-11-7-5-8-12-19)23-15-17-24(18-16-23)22(3,4)20-13-9-6-10-14-20/h5-14H,15-18H2,1-4H3. The molecule has 128 valence electrons. The Hall–Kier alpha value is -1.64. The summed E-state index contributed by atoms with van der Waals surface area (Å²) in [6.07, 6.45) is 0. The average molecular weight is 322 g/mol. The molecule has 1 aliphatic rings. The maximum atomic E-state index is 2.62. The van der Waals surface area contributed by atoms with Gasteiger partial charge in [-0.05, 0) is 38.8 Å². The van der Waals surface area contributed by atoms with Crippen LogP contribution in [0.2, 0.25) is 0 Å². The van der Waals surface area contributed by atoms with Gasteiger partial charge in [-0.3, -0.25) is 9.80 Å². The number of hydrogen-bond acceptors (Lipinski definition) is 2. The van der Waals surface area contributed by atoms with Gasteiger partial charge in [0.25, 0.3) is 0 Å². The van der Waals surface area contributed by atoms with Gasteiger partial charge in [-0.15, -0.1) is 0 Å². The molecule has 24 heavy (non-hydrogen) atoms.